The Labute approximate surface area is 128 Å². The van der Waals surface area contributed by atoms with Gasteiger partial charge in [0.25, 0.3) is 5.91 Å². The molecule has 0 aromatic heterocycles. The summed E-state index contributed by atoms with van der Waals surface area (Å²) in [6.45, 7) is 0. The van der Waals surface area contributed by atoms with Gasteiger partial charge in [-0.1, -0.05) is 18.2 Å². The van der Waals surface area contributed by atoms with Crippen molar-refractivity contribution in [2.45, 2.75) is 38.1 Å². The van der Waals surface area contributed by atoms with Crippen molar-refractivity contribution in [3.05, 3.63) is 41.0 Å². The summed E-state index contributed by atoms with van der Waals surface area (Å²) < 4.78 is 0. The number of allylic oxidation sites excluding steroid dienone is 1. The molecule has 1 aliphatic carbocycles. The summed E-state index contributed by atoms with van der Waals surface area (Å²) in [7, 11) is 0. The van der Waals surface area contributed by atoms with Crippen LogP contribution >= 0.6 is 0 Å². The van der Waals surface area contributed by atoms with E-state index < -0.39 is 6.04 Å². The number of rotatable bonds is 1. The van der Waals surface area contributed by atoms with Gasteiger partial charge >= 0.3 is 0 Å². The summed E-state index contributed by atoms with van der Waals surface area (Å²) in [4.78, 5) is 38.0. The van der Waals surface area contributed by atoms with Crippen LogP contribution in [0.15, 0.2) is 29.8 Å². The average molecular weight is 296 g/mol. The average Bonchev–Trinajstić information content (AvgIpc) is 2.72. The fourth-order valence-electron chi connectivity index (χ4n) is 3.41. The van der Waals surface area contributed by atoms with Crippen LogP contribution in [0.5, 0.6) is 0 Å². The molecule has 1 saturated heterocycles. The van der Waals surface area contributed by atoms with Gasteiger partial charge < -0.3 is 0 Å². The standard InChI is InChI=1S/C17H16N2O3/c20-14-9-8-13(16(21)18-14)19-15(10-4-3-5-10)11-6-1-2-7-12(11)17(19)22/h1-2,6-7,13H,3-5,8-9H2,(H,18,20,21). The van der Waals surface area contributed by atoms with E-state index in [0.717, 1.165) is 30.5 Å². The highest BCUT2D eigenvalue weighted by Crippen LogP contribution is 2.43. The number of carbonyl (C=O) groups is 3. The van der Waals surface area contributed by atoms with E-state index in [2.05, 4.69) is 5.32 Å². The molecule has 5 nitrogen and oxygen atoms in total. The van der Waals surface area contributed by atoms with Crippen LogP contribution in [-0.4, -0.2) is 28.7 Å². The van der Waals surface area contributed by atoms with E-state index in [1.165, 1.54) is 5.57 Å². The zero-order valence-corrected chi connectivity index (χ0v) is 12.1. The van der Waals surface area contributed by atoms with E-state index in [1.54, 1.807) is 4.90 Å². The van der Waals surface area contributed by atoms with Gasteiger partial charge in [0, 0.05) is 17.5 Å². The molecule has 1 unspecified atom stereocenters. The lowest BCUT2D eigenvalue weighted by molar-refractivity contribution is -0.136. The predicted octanol–water partition coefficient (Wildman–Crippen LogP) is 1.84. The number of carbonyl (C=O) groups excluding carboxylic acids is 3. The summed E-state index contributed by atoms with van der Waals surface area (Å²) in [6.07, 6.45) is 3.74. The molecule has 0 spiro atoms. The molecule has 1 N–H and O–H groups in total. The van der Waals surface area contributed by atoms with Gasteiger partial charge in [0.15, 0.2) is 0 Å². The minimum atomic E-state index is -0.583. The molecule has 1 aromatic rings. The number of benzene rings is 1. The highest BCUT2D eigenvalue weighted by Gasteiger charge is 2.43. The molecule has 1 saturated carbocycles. The number of imide groups is 1. The minimum Gasteiger partial charge on any atom is -0.295 e. The van der Waals surface area contributed by atoms with E-state index in [-0.39, 0.29) is 24.1 Å². The Kier molecular flexibility index (Phi) is 2.89. The van der Waals surface area contributed by atoms with Crippen molar-refractivity contribution in [1.29, 1.82) is 0 Å². The van der Waals surface area contributed by atoms with Crippen LogP contribution in [0.1, 0.15) is 48.0 Å². The van der Waals surface area contributed by atoms with Crippen LogP contribution in [0, 0.1) is 0 Å². The molecule has 2 heterocycles. The summed E-state index contributed by atoms with van der Waals surface area (Å²) >= 11 is 0. The topological polar surface area (TPSA) is 66.5 Å². The van der Waals surface area contributed by atoms with E-state index in [4.69, 9.17) is 0 Å². The van der Waals surface area contributed by atoms with Crippen LogP contribution in [0.4, 0.5) is 0 Å². The summed E-state index contributed by atoms with van der Waals surface area (Å²) in [5.74, 6) is -0.752. The fraction of sp³-hybridized carbons (Fsp3) is 0.353. The number of hydrogen-bond acceptors (Lipinski definition) is 3. The number of piperidine rings is 1. The van der Waals surface area contributed by atoms with Crippen molar-refractivity contribution < 1.29 is 14.4 Å². The lowest BCUT2D eigenvalue weighted by Crippen LogP contribution is -2.52. The van der Waals surface area contributed by atoms with Gasteiger partial charge in [-0.2, -0.15) is 0 Å². The SMILES string of the molecule is O=C1CCC(N2C(=O)c3ccccc3C2=C2CCC2)C(=O)N1. The second-order valence-electron chi connectivity index (χ2n) is 5.99. The Bertz CT molecular complexity index is 729. The zero-order chi connectivity index (χ0) is 15.3. The highest BCUT2D eigenvalue weighted by molar-refractivity contribution is 6.13. The van der Waals surface area contributed by atoms with Crippen molar-refractivity contribution in [1.82, 2.24) is 10.2 Å². The Morgan fingerprint density at radius 3 is 2.36 bits per heavy atom. The number of fused-ring (bicyclic) bond motifs is 1. The first-order valence-corrected chi connectivity index (χ1v) is 7.65. The maximum absolute atomic E-state index is 12.8. The van der Waals surface area contributed by atoms with Crippen molar-refractivity contribution in [2.24, 2.45) is 0 Å². The van der Waals surface area contributed by atoms with Crippen LogP contribution in [0.3, 0.4) is 0 Å². The van der Waals surface area contributed by atoms with Crippen molar-refractivity contribution in [3.8, 4) is 0 Å². The second-order valence-corrected chi connectivity index (χ2v) is 5.99. The van der Waals surface area contributed by atoms with Gasteiger partial charge in [-0.05, 0) is 37.3 Å². The van der Waals surface area contributed by atoms with Gasteiger partial charge in [0.05, 0.1) is 5.70 Å². The Morgan fingerprint density at radius 1 is 1.00 bits per heavy atom. The van der Waals surface area contributed by atoms with E-state index in [1.807, 2.05) is 24.3 Å². The number of hydrogen-bond donors (Lipinski definition) is 1. The number of nitrogens with one attached hydrogen (secondary N) is 1. The third-order valence-corrected chi connectivity index (χ3v) is 4.69. The Morgan fingerprint density at radius 2 is 1.73 bits per heavy atom. The largest absolute Gasteiger partial charge is 0.295 e. The molecule has 0 radical (unpaired) electrons. The third kappa shape index (κ3) is 1.81. The van der Waals surface area contributed by atoms with Crippen molar-refractivity contribution in [3.63, 3.8) is 0 Å². The molecule has 3 amide bonds. The minimum absolute atomic E-state index is 0.125. The fourth-order valence-corrected chi connectivity index (χ4v) is 3.41. The quantitative estimate of drug-likeness (QED) is 0.804. The maximum atomic E-state index is 12.8. The Hall–Kier alpha value is -2.43. The van der Waals surface area contributed by atoms with Crippen LogP contribution in [0.25, 0.3) is 5.70 Å². The van der Waals surface area contributed by atoms with E-state index in [9.17, 15) is 14.4 Å². The van der Waals surface area contributed by atoms with Crippen molar-refractivity contribution in [2.75, 3.05) is 0 Å². The van der Waals surface area contributed by atoms with Crippen LogP contribution in [-0.2, 0) is 9.59 Å². The molecule has 1 atom stereocenters. The molecule has 0 bridgehead atoms. The smallest absolute Gasteiger partial charge is 0.259 e. The van der Waals surface area contributed by atoms with Crippen LogP contribution in [0.2, 0.25) is 0 Å². The highest BCUT2D eigenvalue weighted by atomic mass is 16.2. The van der Waals surface area contributed by atoms with Gasteiger partial charge in [-0.3, -0.25) is 24.6 Å². The first-order chi connectivity index (χ1) is 10.7. The maximum Gasteiger partial charge on any atom is 0.259 e. The molecule has 2 aliphatic heterocycles. The molecule has 22 heavy (non-hydrogen) atoms. The normalized spacial score (nSPS) is 24.3. The third-order valence-electron chi connectivity index (χ3n) is 4.69. The number of nitrogens with zero attached hydrogens (tertiary/aromatic N) is 1. The van der Waals surface area contributed by atoms with Gasteiger partial charge in [-0.25, -0.2) is 0 Å². The van der Waals surface area contributed by atoms with E-state index >= 15 is 0 Å². The summed E-state index contributed by atoms with van der Waals surface area (Å²) in [5.41, 5.74) is 3.72. The zero-order valence-electron chi connectivity index (χ0n) is 12.1. The molecule has 2 fully saturated rings. The lowest BCUT2D eigenvalue weighted by Gasteiger charge is -2.33. The van der Waals surface area contributed by atoms with Gasteiger partial charge in [0.2, 0.25) is 11.8 Å². The van der Waals surface area contributed by atoms with Crippen LogP contribution < -0.4 is 5.32 Å². The van der Waals surface area contributed by atoms with Gasteiger partial charge in [-0.15, -0.1) is 0 Å². The second kappa shape index (κ2) is 4.80. The van der Waals surface area contributed by atoms with Gasteiger partial charge in [0.1, 0.15) is 6.04 Å². The molecule has 1 aromatic carbocycles. The van der Waals surface area contributed by atoms with Crippen molar-refractivity contribution >= 4 is 23.4 Å². The summed E-state index contributed by atoms with van der Waals surface area (Å²) in [6, 6.07) is 6.93. The summed E-state index contributed by atoms with van der Waals surface area (Å²) in [5, 5.41) is 2.35. The van der Waals surface area contributed by atoms with E-state index in [0.29, 0.717) is 12.0 Å². The molecule has 3 aliphatic rings. The molecule has 4 rings (SSSR count). The first kappa shape index (κ1) is 13.2. The number of amides is 3. The monoisotopic (exact) mass is 296 g/mol. The molecule has 5 heteroatoms. The first-order valence-electron chi connectivity index (χ1n) is 7.65. The predicted molar refractivity (Wildman–Crippen MR) is 79.6 cm³/mol. The molecular weight excluding hydrogens is 280 g/mol. The lowest BCUT2D eigenvalue weighted by atomic mass is 9.88. The molecule has 112 valence electrons. The Balaban J connectivity index is 1.80. The molecular formula is C17H16N2O3.